The van der Waals surface area contributed by atoms with Crippen LogP contribution in [0, 0.1) is 5.92 Å². The van der Waals surface area contributed by atoms with Crippen LogP contribution in [-0.4, -0.2) is 11.1 Å². The van der Waals surface area contributed by atoms with Gasteiger partial charge in [0.05, 0.1) is 5.92 Å². The van der Waals surface area contributed by atoms with Crippen LogP contribution in [0.4, 0.5) is 0 Å². The van der Waals surface area contributed by atoms with Gasteiger partial charge in [0.2, 0.25) is 0 Å². The fourth-order valence-corrected chi connectivity index (χ4v) is 0.994. The van der Waals surface area contributed by atoms with Gasteiger partial charge in [-0.05, 0) is 12.8 Å². The van der Waals surface area contributed by atoms with Crippen LogP contribution in [0.3, 0.4) is 0 Å². The lowest BCUT2D eigenvalue weighted by atomic mass is 9.99. The summed E-state index contributed by atoms with van der Waals surface area (Å²) in [7, 11) is 0. The number of rotatable bonds is 6. The van der Waals surface area contributed by atoms with E-state index in [1.165, 1.54) is 0 Å². The Kier molecular flexibility index (Phi) is 5.53. The van der Waals surface area contributed by atoms with Gasteiger partial charge in [-0.15, -0.1) is 6.58 Å². The topological polar surface area (TPSA) is 37.3 Å². The lowest BCUT2D eigenvalue weighted by molar-refractivity contribution is -0.141. The van der Waals surface area contributed by atoms with Crippen LogP contribution in [0.5, 0.6) is 0 Å². The molecule has 64 valence electrons. The number of allylic oxidation sites excluding steroid dienone is 1. The van der Waals surface area contributed by atoms with Gasteiger partial charge in [-0.25, -0.2) is 0 Å². The van der Waals surface area contributed by atoms with Gasteiger partial charge in [-0.3, -0.25) is 4.79 Å². The highest BCUT2D eigenvalue weighted by Crippen LogP contribution is 2.12. The molecule has 2 nitrogen and oxygen atoms in total. The summed E-state index contributed by atoms with van der Waals surface area (Å²) in [4.78, 5) is 10.5. The molecule has 0 saturated heterocycles. The van der Waals surface area contributed by atoms with Crippen molar-refractivity contribution in [3.8, 4) is 0 Å². The van der Waals surface area contributed by atoms with Crippen LogP contribution in [0.15, 0.2) is 12.7 Å². The molecule has 0 aliphatic carbocycles. The predicted octanol–water partition coefficient (Wildman–Crippen LogP) is 2.45. The van der Waals surface area contributed by atoms with E-state index >= 15 is 0 Å². The molecule has 11 heavy (non-hydrogen) atoms. The largest absolute Gasteiger partial charge is 0.481 e. The summed E-state index contributed by atoms with van der Waals surface area (Å²) < 4.78 is 0. The first-order valence-corrected chi connectivity index (χ1v) is 4.06. The van der Waals surface area contributed by atoms with Gasteiger partial charge in [-0.2, -0.15) is 0 Å². The quantitative estimate of drug-likeness (QED) is 0.600. The molecule has 0 saturated carbocycles. The van der Waals surface area contributed by atoms with Crippen molar-refractivity contribution >= 4 is 5.97 Å². The Morgan fingerprint density at radius 2 is 2.36 bits per heavy atom. The molecule has 0 amide bonds. The summed E-state index contributed by atoms with van der Waals surface area (Å²) in [6.45, 7) is 5.59. The summed E-state index contributed by atoms with van der Waals surface area (Å²) in [6.07, 6.45) is 5.09. The molecule has 0 spiro atoms. The molecule has 0 aromatic rings. The maximum atomic E-state index is 10.5. The van der Waals surface area contributed by atoms with Crippen molar-refractivity contribution in [1.29, 1.82) is 0 Å². The van der Waals surface area contributed by atoms with Gasteiger partial charge in [-0.1, -0.05) is 25.8 Å². The molecule has 0 bridgehead atoms. The highest BCUT2D eigenvalue weighted by Gasteiger charge is 2.13. The number of carbonyl (C=O) groups is 1. The first-order valence-electron chi connectivity index (χ1n) is 4.06. The van der Waals surface area contributed by atoms with Crippen molar-refractivity contribution in [2.75, 3.05) is 0 Å². The lowest BCUT2D eigenvalue weighted by Crippen LogP contribution is -2.12. The zero-order valence-corrected chi connectivity index (χ0v) is 7.05. The average molecular weight is 156 g/mol. The SMILES string of the molecule is C=CCC(CCCC)C(=O)O. The summed E-state index contributed by atoms with van der Waals surface area (Å²) in [5, 5.41) is 8.68. The second-order valence-electron chi connectivity index (χ2n) is 2.70. The molecule has 0 radical (unpaired) electrons. The second-order valence-corrected chi connectivity index (χ2v) is 2.70. The first kappa shape index (κ1) is 10.2. The number of unbranched alkanes of at least 4 members (excludes halogenated alkanes) is 1. The standard InChI is InChI=1S/C9H16O2/c1-3-5-7-8(6-4-2)9(10)11/h4,8H,2-3,5-7H2,1H3,(H,10,11). The molecule has 0 aliphatic rings. The highest BCUT2D eigenvalue weighted by atomic mass is 16.4. The minimum atomic E-state index is -0.696. The zero-order valence-electron chi connectivity index (χ0n) is 7.05. The summed E-state index contributed by atoms with van der Waals surface area (Å²) in [5.74, 6) is -0.911. The maximum absolute atomic E-state index is 10.5. The molecule has 0 aromatic heterocycles. The predicted molar refractivity (Wildman–Crippen MR) is 45.5 cm³/mol. The third kappa shape index (κ3) is 4.59. The van der Waals surface area contributed by atoms with E-state index in [1.807, 2.05) is 0 Å². The number of hydrogen-bond acceptors (Lipinski definition) is 1. The van der Waals surface area contributed by atoms with E-state index in [0.29, 0.717) is 6.42 Å². The van der Waals surface area contributed by atoms with E-state index in [1.54, 1.807) is 6.08 Å². The van der Waals surface area contributed by atoms with Crippen LogP contribution >= 0.6 is 0 Å². The van der Waals surface area contributed by atoms with E-state index in [0.717, 1.165) is 19.3 Å². The zero-order chi connectivity index (χ0) is 8.69. The minimum absolute atomic E-state index is 0.215. The molecule has 0 aromatic carbocycles. The van der Waals surface area contributed by atoms with Crippen molar-refractivity contribution in [2.45, 2.75) is 32.6 Å². The summed E-state index contributed by atoms with van der Waals surface area (Å²) >= 11 is 0. The molecule has 1 N–H and O–H groups in total. The molecule has 1 atom stereocenters. The van der Waals surface area contributed by atoms with Crippen molar-refractivity contribution in [1.82, 2.24) is 0 Å². The van der Waals surface area contributed by atoms with Crippen LogP contribution in [0.25, 0.3) is 0 Å². The fraction of sp³-hybridized carbons (Fsp3) is 0.667. The summed E-state index contributed by atoms with van der Waals surface area (Å²) in [5.41, 5.74) is 0. The Balaban J connectivity index is 3.69. The number of carboxylic acid groups (broad SMARTS) is 1. The Bertz CT molecular complexity index is 130. The lowest BCUT2D eigenvalue weighted by Gasteiger charge is -2.07. The highest BCUT2D eigenvalue weighted by molar-refractivity contribution is 5.70. The van der Waals surface area contributed by atoms with E-state index in [4.69, 9.17) is 5.11 Å². The molecular formula is C9H16O2. The van der Waals surface area contributed by atoms with Crippen molar-refractivity contribution < 1.29 is 9.90 Å². The number of carboxylic acids is 1. The molecular weight excluding hydrogens is 140 g/mol. The van der Waals surface area contributed by atoms with Crippen LogP contribution < -0.4 is 0 Å². The monoisotopic (exact) mass is 156 g/mol. The van der Waals surface area contributed by atoms with Crippen molar-refractivity contribution in [3.63, 3.8) is 0 Å². The maximum Gasteiger partial charge on any atom is 0.306 e. The van der Waals surface area contributed by atoms with Gasteiger partial charge in [0.25, 0.3) is 0 Å². The molecule has 2 heteroatoms. The Labute approximate surface area is 67.9 Å². The van der Waals surface area contributed by atoms with Crippen LogP contribution in [0.2, 0.25) is 0 Å². The fourth-order valence-electron chi connectivity index (χ4n) is 0.994. The molecule has 0 heterocycles. The molecule has 0 fully saturated rings. The molecule has 0 rings (SSSR count). The number of aliphatic carboxylic acids is 1. The van der Waals surface area contributed by atoms with Gasteiger partial charge in [0, 0.05) is 0 Å². The second kappa shape index (κ2) is 5.96. The summed E-state index contributed by atoms with van der Waals surface area (Å²) in [6, 6.07) is 0. The van der Waals surface area contributed by atoms with Gasteiger partial charge in [0.1, 0.15) is 0 Å². The van der Waals surface area contributed by atoms with Crippen molar-refractivity contribution in [2.24, 2.45) is 5.92 Å². The minimum Gasteiger partial charge on any atom is -0.481 e. The Morgan fingerprint density at radius 3 is 2.73 bits per heavy atom. The van der Waals surface area contributed by atoms with Crippen LogP contribution in [-0.2, 0) is 4.79 Å². The first-order chi connectivity index (χ1) is 5.22. The molecule has 1 unspecified atom stereocenters. The van der Waals surface area contributed by atoms with Gasteiger partial charge >= 0.3 is 5.97 Å². The molecule has 0 aliphatic heterocycles. The van der Waals surface area contributed by atoms with E-state index in [-0.39, 0.29) is 5.92 Å². The van der Waals surface area contributed by atoms with Gasteiger partial charge in [0.15, 0.2) is 0 Å². The van der Waals surface area contributed by atoms with Crippen molar-refractivity contribution in [3.05, 3.63) is 12.7 Å². The van der Waals surface area contributed by atoms with E-state index in [2.05, 4.69) is 13.5 Å². The Hall–Kier alpha value is -0.790. The van der Waals surface area contributed by atoms with Gasteiger partial charge < -0.3 is 5.11 Å². The third-order valence-corrected chi connectivity index (χ3v) is 1.71. The average Bonchev–Trinajstić information content (AvgIpc) is 1.97. The van der Waals surface area contributed by atoms with Crippen LogP contribution in [0.1, 0.15) is 32.6 Å². The Morgan fingerprint density at radius 1 is 1.73 bits per heavy atom. The normalized spacial score (nSPS) is 12.5. The number of hydrogen-bond donors (Lipinski definition) is 1. The third-order valence-electron chi connectivity index (χ3n) is 1.71. The van der Waals surface area contributed by atoms with E-state index in [9.17, 15) is 4.79 Å². The van der Waals surface area contributed by atoms with E-state index < -0.39 is 5.97 Å². The smallest absolute Gasteiger partial charge is 0.306 e.